The van der Waals surface area contributed by atoms with Gasteiger partial charge in [0.15, 0.2) is 0 Å². The van der Waals surface area contributed by atoms with Crippen LogP contribution in [0.15, 0.2) is 53.3 Å². The third-order valence-corrected chi connectivity index (χ3v) is 8.39. The van der Waals surface area contributed by atoms with Gasteiger partial charge < -0.3 is 20.3 Å². The molecule has 0 spiro atoms. The fourth-order valence-electron chi connectivity index (χ4n) is 5.09. The van der Waals surface area contributed by atoms with E-state index in [2.05, 4.69) is 27.4 Å². The predicted octanol–water partition coefficient (Wildman–Crippen LogP) is 4.62. The lowest BCUT2D eigenvalue weighted by molar-refractivity contribution is -0.0470. The fraction of sp³-hybridized carbons (Fsp3) is 0.370. The minimum absolute atomic E-state index is 0.188. The summed E-state index contributed by atoms with van der Waals surface area (Å²) in [5.41, 5.74) is 1.64. The summed E-state index contributed by atoms with van der Waals surface area (Å²) in [6, 6.07) is 15.8. The molecule has 3 N–H and O–H groups in total. The number of hydrogen-bond donors (Lipinski definition) is 3. The van der Waals surface area contributed by atoms with Gasteiger partial charge in [0.2, 0.25) is 5.95 Å². The van der Waals surface area contributed by atoms with Crippen LogP contribution in [0.3, 0.4) is 0 Å². The number of nitrogens with one attached hydrogen (secondary N) is 3. The first-order valence-corrected chi connectivity index (χ1v) is 13.8. The molecule has 0 radical (unpaired) electrons. The molecular formula is C27H29ClN6O2S. The number of piperidine rings is 1. The van der Waals surface area contributed by atoms with E-state index in [-0.39, 0.29) is 11.6 Å². The lowest BCUT2D eigenvalue weighted by atomic mass is 9.94. The molecule has 192 valence electrons. The number of aromatic amines is 1. The number of benzene rings is 2. The molecule has 2 saturated heterocycles. The van der Waals surface area contributed by atoms with Gasteiger partial charge in [-0.15, -0.1) is 11.3 Å². The zero-order valence-corrected chi connectivity index (χ0v) is 22.2. The fourth-order valence-corrected chi connectivity index (χ4v) is 6.22. The van der Waals surface area contributed by atoms with Crippen LogP contribution in [0.4, 0.5) is 11.8 Å². The average molecular weight is 537 g/mol. The normalized spacial score (nSPS) is 22.3. The first-order valence-electron chi connectivity index (χ1n) is 12.6. The number of ether oxygens (including phenoxy) is 1. The molecule has 2 aromatic carbocycles. The largest absolute Gasteiger partial charge is 0.367 e. The second kappa shape index (κ2) is 10.1. The van der Waals surface area contributed by atoms with Crippen molar-refractivity contribution in [2.24, 2.45) is 0 Å². The topological polar surface area (TPSA) is 95.2 Å². The summed E-state index contributed by atoms with van der Waals surface area (Å²) in [6.45, 7) is 5.57. The summed E-state index contributed by atoms with van der Waals surface area (Å²) < 4.78 is 7.26. The van der Waals surface area contributed by atoms with E-state index in [9.17, 15) is 4.79 Å². The smallest absolute Gasteiger partial charge is 0.264 e. The van der Waals surface area contributed by atoms with Gasteiger partial charge in [-0.1, -0.05) is 35.9 Å². The van der Waals surface area contributed by atoms with E-state index in [4.69, 9.17) is 26.3 Å². The third-order valence-electron chi connectivity index (χ3n) is 7.08. The molecule has 10 heteroatoms. The highest BCUT2D eigenvalue weighted by atomic mass is 35.5. The van der Waals surface area contributed by atoms with Crippen molar-refractivity contribution in [3.63, 3.8) is 0 Å². The van der Waals surface area contributed by atoms with Crippen LogP contribution in [-0.2, 0) is 10.3 Å². The number of thiazole rings is 1. The summed E-state index contributed by atoms with van der Waals surface area (Å²) in [5, 5.41) is 8.36. The van der Waals surface area contributed by atoms with Crippen molar-refractivity contribution in [2.45, 2.75) is 31.4 Å². The van der Waals surface area contributed by atoms with Crippen LogP contribution < -0.4 is 21.1 Å². The number of aromatic nitrogens is 3. The molecule has 0 bridgehead atoms. The minimum atomic E-state index is -0.562. The van der Waals surface area contributed by atoms with Crippen molar-refractivity contribution in [1.82, 2.24) is 20.3 Å². The predicted molar refractivity (Wildman–Crippen MR) is 150 cm³/mol. The molecular weight excluding hydrogens is 508 g/mol. The minimum Gasteiger partial charge on any atom is -0.367 e. The van der Waals surface area contributed by atoms with Crippen molar-refractivity contribution in [3.05, 3.63) is 69.5 Å². The highest BCUT2D eigenvalue weighted by Crippen LogP contribution is 2.35. The lowest BCUT2D eigenvalue weighted by Gasteiger charge is -2.41. The SMILES string of the molecule is CC1(c2ccc(Cl)cc2)CN(c2nc(NC3CCCNC3)c(-c3nc4ccccc4s3)c(=O)[nH]2)CCO1. The molecule has 4 heterocycles. The Morgan fingerprint density at radius 1 is 1.19 bits per heavy atom. The molecule has 2 fully saturated rings. The quantitative estimate of drug-likeness (QED) is 0.342. The Kier molecular flexibility index (Phi) is 6.62. The Morgan fingerprint density at radius 2 is 2.03 bits per heavy atom. The van der Waals surface area contributed by atoms with Gasteiger partial charge in [-0.2, -0.15) is 4.98 Å². The Hall–Kier alpha value is -2.98. The number of hydrogen-bond acceptors (Lipinski definition) is 8. The molecule has 6 rings (SSSR count). The van der Waals surface area contributed by atoms with Gasteiger partial charge >= 0.3 is 0 Å². The van der Waals surface area contributed by atoms with Crippen molar-refractivity contribution < 1.29 is 4.74 Å². The first-order chi connectivity index (χ1) is 18.0. The molecule has 4 aromatic rings. The van der Waals surface area contributed by atoms with Crippen LogP contribution >= 0.6 is 22.9 Å². The summed E-state index contributed by atoms with van der Waals surface area (Å²) in [7, 11) is 0. The number of halogens is 1. The van der Waals surface area contributed by atoms with Crippen molar-refractivity contribution in [1.29, 1.82) is 0 Å². The van der Waals surface area contributed by atoms with Gasteiger partial charge in [0.25, 0.3) is 5.56 Å². The molecule has 2 atom stereocenters. The molecule has 0 aliphatic carbocycles. The molecule has 2 aliphatic rings. The van der Waals surface area contributed by atoms with E-state index in [0.717, 1.165) is 41.7 Å². The number of rotatable bonds is 5. The first kappa shape index (κ1) is 24.4. The average Bonchev–Trinajstić information content (AvgIpc) is 3.33. The van der Waals surface area contributed by atoms with Gasteiger partial charge in [-0.25, -0.2) is 4.98 Å². The van der Waals surface area contributed by atoms with Crippen LogP contribution in [0, 0.1) is 0 Å². The number of anilines is 2. The van der Waals surface area contributed by atoms with Crippen LogP contribution in [0.2, 0.25) is 5.02 Å². The van der Waals surface area contributed by atoms with E-state index < -0.39 is 5.60 Å². The number of morpholine rings is 1. The highest BCUT2D eigenvalue weighted by Gasteiger charge is 2.35. The van der Waals surface area contributed by atoms with Crippen molar-refractivity contribution in [2.75, 3.05) is 43.0 Å². The second-order valence-electron chi connectivity index (χ2n) is 9.80. The van der Waals surface area contributed by atoms with Gasteiger partial charge in [-0.3, -0.25) is 9.78 Å². The number of H-pyrrole nitrogens is 1. The molecule has 0 amide bonds. The van der Waals surface area contributed by atoms with E-state index in [0.29, 0.717) is 47.1 Å². The van der Waals surface area contributed by atoms with Gasteiger partial charge in [0.1, 0.15) is 22.0 Å². The van der Waals surface area contributed by atoms with Gasteiger partial charge in [0, 0.05) is 24.2 Å². The Balaban J connectivity index is 1.38. The molecule has 8 nitrogen and oxygen atoms in total. The number of nitrogens with zero attached hydrogens (tertiary/aromatic N) is 3. The Labute approximate surface area is 224 Å². The van der Waals surface area contributed by atoms with E-state index in [1.54, 1.807) is 0 Å². The maximum absolute atomic E-state index is 13.6. The Morgan fingerprint density at radius 3 is 2.81 bits per heavy atom. The van der Waals surface area contributed by atoms with E-state index >= 15 is 0 Å². The standard InChI is InChI=1S/C27H29ClN6O2S/c1-27(17-8-10-18(28)11-9-17)16-34(13-14-36-27)26-32-23(30-19-5-4-12-29-15-19)22(24(35)33-26)25-31-20-6-2-3-7-21(20)37-25/h2-3,6-11,19,29H,4-5,12-16H2,1H3,(H2,30,32,33,35). The Bertz CT molecular complexity index is 1430. The van der Waals surface area contributed by atoms with Crippen molar-refractivity contribution >= 4 is 44.9 Å². The third kappa shape index (κ3) is 4.96. The van der Waals surface area contributed by atoms with E-state index in [1.807, 2.05) is 48.5 Å². The van der Waals surface area contributed by atoms with Crippen LogP contribution in [0.5, 0.6) is 0 Å². The van der Waals surface area contributed by atoms with Crippen LogP contribution in [0.1, 0.15) is 25.3 Å². The van der Waals surface area contributed by atoms with Crippen LogP contribution in [-0.4, -0.2) is 53.8 Å². The monoisotopic (exact) mass is 536 g/mol. The van der Waals surface area contributed by atoms with E-state index in [1.165, 1.54) is 11.3 Å². The molecule has 2 aromatic heterocycles. The van der Waals surface area contributed by atoms with Gasteiger partial charge in [-0.05, 0) is 56.1 Å². The van der Waals surface area contributed by atoms with Crippen molar-refractivity contribution in [3.8, 4) is 10.6 Å². The number of fused-ring (bicyclic) bond motifs is 1. The summed E-state index contributed by atoms with van der Waals surface area (Å²) in [4.78, 5) is 28.5. The molecule has 0 saturated carbocycles. The maximum Gasteiger partial charge on any atom is 0.264 e. The molecule has 2 aliphatic heterocycles. The maximum atomic E-state index is 13.6. The zero-order valence-electron chi connectivity index (χ0n) is 20.6. The van der Waals surface area contributed by atoms with Gasteiger partial charge in [0.05, 0.1) is 23.4 Å². The zero-order chi connectivity index (χ0) is 25.4. The summed E-state index contributed by atoms with van der Waals surface area (Å²) in [6.07, 6.45) is 2.09. The molecule has 2 unspecified atom stereocenters. The highest BCUT2D eigenvalue weighted by molar-refractivity contribution is 7.21. The lowest BCUT2D eigenvalue weighted by Crippen LogP contribution is -2.49. The summed E-state index contributed by atoms with van der Waals surface area (Å²) >= 11 is 7.62. The summed E-state index contributed by atoms with van der Waals surface area (Å²) in [5.74, 6) is 1.11. The number of para-hydroxylation sites is 1. The second-order valence-corrected chi connectivity index (χ2v) is 11.3. The van der Waals surface area contributed by atoms with Crippen LogP contribution in [0.25, 0.3) is 20.8 Å². The molecule has 37 heavy (non-hydrogen) atoms.